The normalized spacial score (nSPS) is 11.2. The Bertz CT molecular complexity index is 467. The van der Waals surface area contributed by atoms with Crippen molar-refractivity contribution in [3.8, 4) is 5.75 Å². The standard InChI is InChI=1S/C17H28N2O3/c1-13(2)21-15-10-7-6-9-14(15)18-11-8-12-19-16(20)22-17(3,4)5/h6-7,9-10,13,18H,8,11-12H2,1-5H3,(H,19,20). The summed E-state index contributed by atoms with van der Waals surface area (Å²) in [6, 6.07) is 7.85. The Morgan fingerprint density at radius 2 is 1.86 bits per heavy atom. The van der Waals surface area contributed by atoms with Crippen molar-refractivity contribution in [3.63, 3.8) is 0 Å². The van der Waals surface area contributed by atoms with Gasteiger partial charge in [0.15, 0.2) is 0 Å². The van der Waals surface area contributed by atoms with Crippen LogP contribution >= 0.6 is 0 Å². The van der Waals surface area contributed by atoms with Crippen molar-refractivity contribution in [2.45, 2.75) is 52.7 Å². The highest BCUT2D eigenvalue weighted by Crippen LogP contribution is 2.24. The molecular weight excluding hydrogens is 280 g/mol. The van der Waals surface area contributed by atoms with Crippen LogP contribution < -0.4 is 15.4 Å². The van der Waals surface area contributed by atoms with Crippen LogP contribution in [0, 0.1) is 0 Å². The topological polar surface area (TPSA) is 59.6 Å². The molecule has 124 valence electrons. The van der Waals surface area contributed by atoms with E-state index in [4.69, 9.17) is 9.47 Å². The van der Waals surface area contributed by atoms with E-state index in [-0.39, 0.29) is 12.2 Å². The molecule has 0 fully saturated rings. The Hall–Kier alpha value is -1.91. The minimum Gasteiger partial charge on any atom is -0.489 e. The zero-order valence-corrected chi connectivity index (χ0v) is 14.2. The Kier molecular flexibility index (Phi) is 7.02. The second-order valence-electron chi connectivity index (χ2n) is 6.37. The van der Waals surface area contributed by atoms with Crippen molar-refractivity contribution in [1.29, 1.82) is 0 Å². The van der Waals surface area contributed by atoms with Crippen LogP contribution in [0.15, 0.2) is 24.3 Å². The summed E-state index contributed by atoms with van der Waals surface area (Å²) in [5.41, 5.74) is 0.503. The van der Waals surface area contributed by atoms with Gasteiger partial charge < -0.3 is 20.1 Å². The number of ether oxygens (including phenoxy) is 2. The molecule has 0 aliphatic rings. The monoisotopic (exact) mass is 308 g/mol. The summed E-state index contributed by atoms with van der Waals surface area (Å²) in [5, 5.41) is 6.06. The Morgan fingerprint density at radius 3 is 2.50 bits per heavy atom. The first-order valence-electron chi connectivity index (χ1n) is 7.74. The van der Waals surface area contributed by atoms with Gasteiger partial charge in [-0.15, -0.1) is 0 Å². The minimum atomic E-state index is -0.463. The second-order valence-corrected chi connectivity index (χ2v) is 6.37. The third-order valence-corrected chi connectivity index (χ3v) is 2.59. The van der Waals surface area contributed by atoms with Gasteiger partial charge in [0.25, 0.3) is 0 Å². The molecule has 0 atom stereocenters. The van der Waals surface area contributed by atoms with E-state index in [9.17, 15) is 4.79 Å². The third-order valence-electron chi connectivity index (χ3n) is 2.59. The van der Waals surface area contributed by atoms with Crippen LogP contribution in [0.25, 0.3) is 0 Å². The van der Waals surface area contributed by atoms with Crippen LogP contribution in [-0.4, -0.2) is 30.9 Å². The van der Waals surface area contributed by atoms with Crippen molar-refractivity contribution in [2.75, 3.05) is 18.4 Å². The molecule has 1 aromatic carbocycles. The summed E-state index contributed by atoms with van der Waals surface area (Å²) >= 11 is 0. The van der Waals surface area contributed by atoms with E-state index in [0.717, 1.165) is 24.4 Å². The molecule has 5 nitrogen and oxygen atoms in total. The first kappa shape index (κ1) is 18.1. The maximum atomic E-state index is 11.5. The molecule has 1 rings (SSSR count). The van der Waals surface area contributed by atoms with Gasteiger partial charge in [0, 0.05) is 13.1 Å². The molecule has 0 bridgehead atoms. The lowest BCUT2D eigenvalue weighted by molar-refractivity contribution is 0.0528. The highest BCUT2D eigenvalue weighted by molar-refractivity contribution is 5.67. The van der Waals surface area contributed by atoms with Gasteiger partial charge in [-0.3, -0.25) is 0 Å². The Morgan fingerprint density at radius 1 is 1.18 bits per heavy atom. The fourth-order valence-corrected chi connectivity index (χ4v) is 1.79. The van der Waals surface area contributed by atoms with Gasteiger partial charge in [-0.1, -0.05) is 12.1 Å². The van der Waals surface area contributed by atoms with Crippen LogP contribution in [-0.2, 0) is 4.74 Å². The van der Waals surface area contributed by atoms with E-state index in [0.29, 0.717) is 6.54 Å². The third kappa shape index (κ3) is 7.76. The summed E-state index contributed by atoms with van der Waals surface area (Å²) in [6.07, 6.45) is 0.558. The molecule has 0 saturated heterocycles. The maximum absolute atomic E-state index is 11.5. The fraction of sp³-hybridized carbons (Fsp3) is 0.588. The molecule has 0 aromatic heterocycles. The lowest BCUT2D eigenvalue weighted by Gasteiger charge is -2.19. The number of hydrogen-bond donors (Lipinski definition) is 2. The van der Waals surface area contributed by atoms with Crippen LogP contribution in [0.5, 0.6) is 5.75 Å². The largest absolute Gasteiger partial charge is 0.489 e. The number of benzene rings is 1. The number of para-hydroxylation sites is 2. The number of carbonyl (C=O) groups excluding carboxylic acids is 1. The summed E-state index contributed by atoms with van der Waals surface area (Å²) in [6.45, 7) is 10.9. The smallest absolute Gasteiger partial charge is 0.407 e. The van der Waals surface area contributed by atoms with Gasteiger partial charge in [-0.05, 0) is 53.2 Å². The minimum absolute atomic E-state index is 0.136. The lowest BCUT2D eigenvalue weighted by atomic mass is 10.2. The average molecular weight is 308 g/mol. The number of hydrogen-bond acceptors (Lipinski definition) is 4. The number of carbonyl (C=O) groups is 1. The fourth-order valence-electron chi connectivity index (χ4n) is 1.79. The molecule has 0 heterocycles. The molecular formula is C17H28N2O3. The summed E-state index contributed by atoms with van der Waals surface area (Å²) < 4.78 is 10.9. The van der Waals surface area contributed by atoms with Gasteiger partial charge in [-0.2, -0.15) is 0 Å². The summed E-state index contributed by atoms with van der Waals surface area (Å²) in [5.74, 6) is 0.845. The highest BCUT2D eigenvalue weighted by Gasteiger charge is 2.15. The zero-order chi connectivity index (χ0) is 16.6. The zero-order valence-electron chi connectivity index (χ0n) is 14.2. The van der Waals surface area contributed by atoms with Gasteiger partial charge in [0.1, 0.15) is 11.4 Å². The molecule has 1 amide bonds. The predicted octanol–water partition coefficient (Wildman–Crippen LogP) is 3.80. The molecule has 0 aliphatic heterocycles. The van der Waals surface area contributed by atoms with Gasteiger partial charge >= 0.3 is 6.09 Å². The number of anilines is 1. The predicted molar refractivity (Wildman–Crippen MR) is 89.5 cm³/mol. The quantitative estimate of drug-likeness (QED) is 0.752. The summed E-state index contributed by atoms with van der Waals surface area (Å²) in [7, 11) is 0. The highest BCUT2D eigenvalue weighted by atomic mass is 16.6. The van der Waals surface area contributed by atoms with Crippen LogP contribution in [0.3, 0.4) is 0 Å². The van der Waals surface area contributed by atoms with Crippen molar-refractivity contribution in [2.24, 2.45) is 0 Å². The molecule has 2 N–H and O–H groups in total. The molecule has 0 radical (unpaired) electrons. The SMILES string of the molecule is CC(C)Oc1ccccc1NCCCNC(=O)OC(C)(C)C. The van der Waals surface area contributed by atoms with Gasteiger partial charge in [0.05, 0.1) is 11.8 Å². The average Bonchev–Trinajstić information content (AvgIpc) is 2.37. The molecule has 1 aromatic rings. The van der Waals surface area contributed by atoms with Crippen molar-refractivity contribution < 1.29 is 14.3 Å². The second kappa shape index (κ2) is 8.51. The number of alkyl carbamates (subject to hydrolysis) is 1. The molecule has 0 unspecified atom stereocenters. The number of amides is 1. The van der Waals surface area contributed by atoms with E-state index < -0.39 is 5.60 Å². The Labute approximate surface area is 133 Å². The van der Waals surface area contributed by atoms with E-state index >= 15 is 0 Å². The molecule has 0 aliphatic carbocycles. The van der Waals surface area contributed by atoms with Crippen LogP contribution in [0.4, 0.5) is 10.5 Å². The van der Waals surface area contributed by atoms with Crippen molar-refractivity contribution in [1.82, 2.24) is 5.32 Å². The van der Waals surface area contributed by atoms with Crippen molar-refractivity contribution in [3.05, 3.63) is 24.3 Å². The van der Waals surface area contributed by atoms with E-state index in [1.807, 2.05) is 58.9 Å². The van der Waals surface area contributed by atoms with E-state index in [1.165, 1.54) is 0 Å². The van der Waals surface area contributed by atoms with Gasteiger partial charge in [-0.25, -0.2) is 4.79 Å². The van der Waals surface area contributed by atoms with Crippen LogP contribution in [0.2, 0.25) is 0 Å². The lowest BCUT2D eigenvalue weighted by Crippen LogP contribution is -2.33. The molecule has 0 saturated carbocycles. The van der Waals surface area contributed by atoms with Crippen LogP contribution in [0.1, 0.15) is 41.0 Å². The Balaban J connectivity index is 2.29. The number of rotatable bonds is 7. The first-order chi connectivity index (χ1) is 10.3. The molecule has 22 heavy (non-hydrogen) atoms. The first-order valence-corrected chi connectivity index (χ1v) is 7.74. The molecule has 0 spiro atoms. The van der Waals surface area contributed by atoms with Crippen molar-refractivity contribution >= 4 is 11.8 Å². The van der Waals surface area contributed by atoms with E-state index in [1.54, 1.807) is 0 Å². The molecule has 5 heteroatoms. The maximum Gasteiger partial charge on any atom is 0.407 e. The van der Waals surface area contributed by atoms with Gasteiger partial charge in [0.2, 0.25) is 0 Å². The number of nitrogens with one attached hydrogen (secondary N) is 2. The van der Waals surface area contributed by atoms with E-state index in [2.05, 4.69) is 10.6 Å². The summed E-state index contributed by atoms with van der Waals surface area (Å²) in [4.78, 5) is 11.5.